The number of rotatable bonds is 2. The molecule has 1 saturated carbocycles. The zero-order valence-electron chi connectivity index (χ0n) is 15.0. The fourth-order valence-electron chi connectivity index (χ4n) is 4.79. The number of aromatic amines is 1. The van der Waals surface area contributed by atoms with Crippen molar-refractivity contribution in [2.24, 2.45) is 5.92 Å². The van der Waals surface area contributed by atoms with Crippen molar-refractivity contribution in [3.8, 4) is 0 Å². The third kappa shape index (κ3) is 3.19. The third-order valence-electron chi connectivity index (χ3n) is 6.11. The number of fused-ring (bicyclic) bond motifs is 1. The van der Waals surface area contributed by atoms with Gasteiger partial charge in [0, 0.05) is 24.7 Å². The number of amides is 1. The number of pyridine rings is 1. The number of nitrogens with one attached hydrogen (secondary N) is 1. The number of likely N-dealkylation sites (tertiary alicyclic amines) is 1. The fraction of sp³-hybridized carbons (Fsp3) is 0.429. The van der Waals surface area contributed by atoms with Gasteiger partial charge in [0.2, 0.25) is 0 Å². The van der Waals surface area contributed by atoms with Crippen LogP contribution in [0, 0.1) is 5.92 Å². The monoisotopic (exact) mass is 386 g/mol. The molecule has 3 atom stereocenters. The molecular formula is C21H23ClN2O3. The first-order valence-corrected chi connectivity index (χ1v) is 9.85. The number of hydrogen-bond acceptors (Lipinski definition) is 3. The van der Waals surface area contributed by atoms with Gasteiger partial charge in [-0.1, -0.05) is 54.8 Å². The number of carbonyl (C=O) groups is 1. The Hall–Kier alpha value is -2.11. The second kappa shape index (κ2) is 7.13. The topological polar surface area (TPSA) is 73.4 Å². The molecule has 2 aromatic rings. The molecule has 0 bridgehead atoms. The van der Waals surface area contributed by atoms with Crippen molar-refractivity contribution < 1.29 is 9.90 Å². The maximum atomic E-state index is 13.1. The van der Waals surface area contributed by atoms with Crippen LogP contribution in [0.5, 0.6) is 0 Å². The minimum atomic E-state index is -0.941. The zero-order chi connectivity index (χ0) is 19.0. The second-order valence-corrected chi connectivity index (χ2v) is 7.99. The van der Waals surface area contributed by atoms with Crippen LogP contribution in [0.1, 0.15) is 48.0 Å². The van der Waals surface area contributed by atoms with Crippen molar-refractivity contribution in [2.75, 3.05) is 6.54 Å². The highest BCUT2D eigenvalue weighted by atomic mass is 35.5. The minimum absolute atomic E-state index is 0.0374. The highest BCUT2D eigenvalue weighted by Gasteiger charge is 2.50. The Balaban J connectivity index is 1.69. The van der Waals surface area contributed by atoms with Crippen molar-refractivity contribution in [1.29, 1.82) is 0 Å². The van der Waals surface area contributed by atoms with Gasteiger partial charge in [-0.3, -0.25) is 9.59 Å². The summed E-state index contributed by atoms with van der Waals surface area (Å²) in [4.78, 5) is 29.6. The lowest BCUT2D eigenvalue weighted by atomic mass is 9.66. The summed E-state index contributed by atoms with van der Waals surface area (Å²) in [6, 6.07) is 11.1. The molecule has 2 heterocycles. The number of carbonyl (C=O) groups excluding carboxylic acids is 1. The molecule has 1 aromatic heterocycles. The standard InChI is InChI=1S/C21H23ClN2O3/c22-15-12-16(19(25)23-13-15)20(26)24-11-10-21(27,14-6-2-1-3-7-14)17-8-4-5-9-18(17)24/h1-3,6-7,12-13,17-18,27H,4-5,8-11H2,(H,23,25)/t17-,18+,21-/m0/s1. The average molecular weight is 387 g/mol. The van der Waals surface area contributed by atoms with Gasteiger partial charge in [0.1, 0.15) is 5.56 Å². The number of halogens is 1. The molecule has 2 N–H and O–H groups in total. The van der Waals surface area contributed by atoms with E-state index >= 15 is 0 Å². The van der Waals surface area contributed by atoms with Crippen LogP contribution in [0.3, 0.4) is 0 Å². The first kappa shape index (κ1) is 18.3. The Labute approximate surface area is 163 Å². The van der Waals surface area contributed by atoms with E-state index in [1.54, 1.807) is 4.90 Å². The summed E-state index contributed by atoms with van der Waals surface area (Å²) in [6.45, 7) is 0.414. The van der Waals surface area contributed by atoms with E-state index in [0.717, 1.165) is 31.2 Å². The molecule has 142 valence electrons. The molecule has 1 aromatic carbocycles. The predicted molar refractivity (Wildman–Crippen MR) is 104 cm³/mol. The van der Waals surface area contributed by atoms with Gasteiger partial charge in [0.15, 0.2) is 0 Å². The highest BCUT2D eigenvalue weighted by molar-refractivity contribution is 6.30. The lowest BCUT2D eigenvalue weighted by Crippen LogP contribution is -2.59. The SMILES string of the molecule is O=C(c1cc(Cl)c[nH]c1=O)N1CC[C@](O)(c2ccccc2)[C@H]2CCCC[C@H]21. The molecule has 1 aliphatic heterocycles. The molecule has 0 unspecified atom stereocenters. The first-order valence-electron chi connectivity index (χ1n) is 9.48. The summed E-state index contributed by atoms with van der Waals surface area (Å²) in [7, 11) is 0. The highest BCUT2D eigenvalue weighted by Crippen LogP contribution is 2.47. The van der Waals surface area contributed by atoms with Crippen LogP contribution in [0.15, 0.2) is 47.4 Å². The van der Waals surface area contributed by atoms with Crippen LogP contribution >= 0.6 is 11.6 Å². The molecule has 0 radical (unpaired) electrons. The molecule has 1 aliphatic carbocycles. The molecular weight excluding hydrogens is 364 g/mol. The van der Waals surface area contributed by atoms with E-state index in [-0.39, 0.29) is 23.4 Å². The number of H-pyrrole nitrogens is 1. The van der Waals surface area contributed by atoms with Gasteiger partial charge in [0.05, 0.1) is 10.6 Å². The smallest absolute Gasteiger partial charge is 0.260 e. The molecule has 1 saturated heterocycles. The van der Waals surface area contributed by atoms with Crippen LogP contribution in [0.25, 0.3) is 0 Å². The van der Waals surface area contributed by atoms with Crippen molar-refractivity contribution >= 4 is 17.5 Å². The molecule has 27 heavy (non-hydrogen) atoms. The molecule has 0 spiro atoms. The summed E-state index contributed by atoms with van der Waals surface area (Å²) in [5, 5.41) is 11.9. The van der Waals surface area contributed by atoms with Gasteiger partial charge in [0.25, 0.3) is 11.5 Å². The van der Waals surface area contributed by atoms with Crippen LogP contribution in [0.2, 0.25) is 5.02 Å². The van der Waals surface area contributed by atoms with Crippen LogP contribution < -0.4 is 5.56 Å². The number of piperidine rings is 1. The summed E-state index contributed by atoms with van der Waals surface area (Å²) in [6.07, 6.45) is 5.60. The van der Waals surface area contributed by atoms with Crippen molar-refractivity contribution in [3.05, 3.63) is 69.1 Å². The molecule has 2 aliphatic rings. The van der Waals surface area contributed by atoms with Gasteiger partial charge in [-0.2, -0.15) is 0 Å². The Kier molecular flexibility index (Phi) is 4.82. The van der Waals surface area contributed by atoms with Gasteiger partial charge in [-0.05, 0) is 30.9 Å². The molecule has 4 rings (SSSR count). The van der Waals surface area contributed by atoms with Crippen LogP contribution in [-0.2, 0) is 5.60 Å². The first-order chi connectivity index (χ1) is 13.0. The van der Waals surface area contributed by atoms with Gasteiger partial charge < -0.3 is 15.0 Å². The summed E-state index contributed by atoms with van der Waals surface area (Å²) in [5.74, 6) is -0.338. The number of nitrogens with zero attached hydrogens (tertiary/aromatic N) is 1. The van der Waals surface area contributed by atoms with Gasteiger partial charge >= 0.3 is 0 Å². The van der Waals surface area contributed by atoms with Crippen molar-refractivity contribution in [3.63, 3.8) is 0 Å². The van der Waals surface area contributed by atoms with E-state index in [1.165, 1.54) is 12.3 Å². The maximum Gasteiger partial charge on any atom is 0.260 e. The van der Waals surface area contributed by atoms with E-state index in [4.69, 9.17) is 11.6 Å². The van der Waals surface area contributed by atoms with Gasteiger partial charge in [-0.25, -0.2) is 0 Å². The summed E-state index contributed by atoms with van der Waals surface area (Å²) < 4.78 is 0. The minimum Gasteiger partial charge on any atom is -0.385 e. The third-order valence-corrected chi connectivity index (χ3v) is 6.33. The lowest BCUT2D eigenvalue weighted by Gasteiger charge is -2.52. The van der Waals surface area contributed by atoms with E-state index < -0.39 is 11.2 Å². The number of benzene rings is 1. The molecule has 1 amide bonds. The normalized spacial score (nSPS) is 27.9. The largest absolute Gasteiger partial charge is 0.385 e. The van der Waals surface area contributed by atoms with E-state index in [1.807, 2.05) is 30.3 Å². The second-order valence-electron chi connectivity index (χ2n) is 7.56. The maximum absolute atomic E-state index is 13.1. The van der Waals surface area contributed by atoms with Crippen LogP contribution in [0.4, 0.5) is 0 Å². The number of hydrogen-bond donors (Lipinski definition) is 2. The number of aromatic nitrogens is 1. The quantitative estimate of drug-likeness (QED) is 0.831. The van der Waals surface area contributed by atoms with Gasteiger partial charge in [-0.15, -0.1) is 0 Å². The predicted octanol–water partition coefficient (Wildman–Crippen LogP) is 3.32. The lowest BCUT2D eigenvalue weighted by molar-refractivity contribution is -0.110. The van der Waals surface area contributed by atoms with Crippen molar-refractivity contribution in [2.45, 2.75) is 43.7 Å². The summed E-state index contributed by atoms with van der Waals surface area (Å²) in [5.41, 5.74) is -0.392. The van der Waals surface area contributed by atoms with E-state index in [2.05, 4.69) is 4.98 Å². The Morgan fingerprint density at radius 2 is 1.96 bits per heavy atom. The zero-order valence-corrected chi connectivity index (χ0v) is 15.8. The summed E-state index contributed by atoms with van der Waals surface area (Å²) >= 11 is 5.98. The van der Waals surface area contributed by atoms with E-state index in [9.17, 15) is 14.7 Å². The fourth-order valence-corrected chi connectivity index (χ4v) is 4.96. The Bertz CT molecular complexity index is 898. The average Bonchev–Trinajstić information content (AvgIpc) is 2.70. The molecule has 6 heteroatoms. The molecule has 5 nitrogen and oxygen atoms in total. The Morgan fingerprint density at radius 3 is 2.74 bits per heavy atom. The molecule has 2 fully saturated rings. The number of aliphatic hydroxyl groups is 1. The van der Waals surface area contributed by atoms with Crippen molar-refractivity contribution in [1.82, 2.24) is 9.88 Å². The Morgan fingerprint density at radius 1 is 1.22 bits per heavy atom. The van der Waals surface area contributed by atoms with Crippen LogP contribution in [-0.4, -0.2) is 33.5 Å². The van der Waals surface area contributed by atoms with E-state index in [0.29, 0.717) is 18.0 Å².